The topological polar surface area (TPSA) is 101 Å². The molecule has 0 spiro atoms. The van der Waals surface area contributed by atoms with Crippen molar-refractivity contribution in [2.24, 2.45) is 0 Å². The van der Waals surface area contributed by atoms with Crippen LogP contribution in [0.1, 0.15) is 58.6 Å². The van der Waals surface area contributed by atoms with E-state index in [1.807, 2.05) is 55.5 Å². The van der Waals surface area contributed by atoms with E-state index in [-0.39, 0.29) is 23.8 Å². The van der Waals surface area contributed by atoms with E-state index in [2.05, 4.69) is 34.9 Å². The van der Waals surface area contributed by atoms with Gasteiger partial charge in [0.15, 0.2) is 0 Å². The van der Waals surface area contributed by atoms with Crippen LogP contribution in [0.5, 0.6) is 5.75 Å². The lowest BCUT2D eigenvalue weighted by Gasteiger charge is -2.34. The second-order valence-corrected chi connectivity index (χ2v) is 11.5. The molecule has 1 amide bonds. The number of carbonyl (C=O) groups excluding carboxylic acids is 1. The van der Waals surface area contributed by atoms with Crippen LogP contribution >= 0.6 is 11.6 Å². The molecule has 3 heterocycles. The van der Waals surface area contributed by atoms with Crippen molar-refractivity contribution < 1.29 is 23.8 Å². The Morgan fingerprint density at radius 3 is 2.47 bits per heavy atom. The van der Waals surface area contributed by atoms with Crippen molar-refractivity contribution in [3.63, 3.8) is 0 Å². The molecule has 3 aromatic carbocycles. The molecule has 0 bridgehead atoms. The third-order valence-electron chi connectivity index (χ3n) is 8.14. The SMILES string of the molecule is Cc1cc(Cl)cc2c1OCCC2C(=O)O.O=C(NC1CCNCC1c1ccccc1)C(Cc1ccco1)c1ccccc1. The van der Waals surface area contributed by atoms with Crippen LogP contribution in [0.25, 0.3) is 0 Å². The molecule has 1 saturated heterocycles. The van der Waals surface area contributed by atoms with Crippen molar-refractivity contribution in [2.75, 3.05) is 19.7 Å². The number of ether oxygens (including phenoxy) is 1. The summed E-state index contributed by atoms with van der Waals surface area (Å²) in [6.45, 7) is 4.12. The lowest BCUT2D eigenvalue weighted by molar-refractivity contribution is -0.139. The van der Waals surface area contributed by atoms with E-state index in [0.717, 1.165) is 36.4 Å². The van der Waals surface area contributed by atoms with Gasteiger partial charge in [0.1, 0.15) is 11.5 Å². The first-order chi connectivity index (χ1) is 20.9. The molecule has 43 heavy (non-hydrogen) atoms. The van der Waals surface area contributed by atoms with Gasteiger partial charge in [0.05, 0.1) is 24.7 Å². The van der Waals surface area contributed by atoms with Gasteiger partial charge in [-0.15, -0.1) is 0 Å². The average Bonchev–Trinajstić information content (AvgIpc) is 3.54. The molecule has 7 nitrogen and oxygen atoms in total. The standard InChI is InChI=1S/C24H26N2O2.C11H11ClO3/c27-24(21(16-20-12-7-15-28-20)18-8-3-1-4-9-18)26-23-13-14-25-17-22(23)19-10-5-2-6-11-19;1-6-4-7(12)5-9-8(11(13)14)2-3-15-10(6)9/h1-12,15,21-23,25H,13-14,16-17H2,(H,26,27);4-5,8H,2-3H2,1H3,(H,13,14). The first kappa shape index (κ1) is 30.4. The van der Waals surface area contributed by atoms with Crippen LogP contribution < -0.4 is 15.4 Å². The number of fused-ring (bicyclic) bond motifs is 1. The van der Waals surface area contributed by atoms with Crippen molar-refractivity contribution in [1.82, 2.24) is 10.6 Å². The van der Waals surface area contributed by atoms with Gasteiger partial charge in [0.2, 0.25) is 5.91 Å². The molecule has 0 aliphatic carbocycles. The van der Waals surface area contributed by atoms with E-state index in [9.17, 15) is 9.59 Å². The molecule has 0 radical (unpaired) electrons. The van der Waals surface area contributed by atoms with Crippen LogP contribution in [0.3, 0.4) is 0 Å². The molecule has 1 fully saturated rings. The number of halogens is 1. The smallest absolute Gasteiger partial charge is 0.311 e. The molecule has 0 saturated carbocycles. The van der Waals surface area contributed by atoms with Gasteiger partial charge in [-0.2, -0.15) is 0 Å². The zero-order valence-corrected chi connectivity index (χ0v) is 24.9. The summed E-state index contributed by atoms with van der Waals surface area (Å²) in [4.78, 5) is 24.4. The summed E-state index contributed by atoms with van der Waals surface area (Å²) >= 11 is 5.90. The maximum Gasteiger partial charge on any atom is 0.311 e. The number of carbonyl (C=O) groups is 2. The zero-order chi connectivity index (χ0) is 30.2. The predicted molar refractivity (Wildman–Crippen MR) is 167 cm³/mol. The summed E-state index contributed by atoms with van der Waals surface area (Å²) in [6, 6.07) is 27.8. The molecular weight excluding hydrogens is 564 g/mol. The first-order valence-electron chi connectivity index (χ1n) is 14.7. The number of carboxylic acid groups (broad SMARTS) is 1. The van der Waals surface area contributed by atoms with E-state index in [1.54, 1.807) is 18.4 Å². The summed E-state index contributed by atoms with van der Waals surface area (Å²) in [6.07, 6.45) is 3.65. The predicted octanol–water partition coefficient (Wildman–Crippen LogP) is 6.47. The highest BCUT2D eigenvalue weighted by Crippen LogP contribution is 2.38. The lowest BCUT2D eigenvalue weighted by Crippen LogP contribution is -2.49. The van der Waals surface area contributed by atoms with Gasteiger partial charge >= 0.3 is 5.97 Å². The van der Waals surface area contributed by atoms with Gasteiger partial charge in [-0.3, -0.25) is 9.59 Å². The Bertz CT molecular complexity index is 1490. The number of hydrogen-bond donors (Lipinski definition) is 3. The number of carboxylic acids is 1. The monoisotopic (exact) mass is 600 g/mol. The molecule has 2 aliphatic heterocycles. The third kappa shape index (κ3) is 7.66. The number of rotatable bonds is 7. The fraction of sp³-hybridized carbons (Fsp3) is 0.314. The van der Waals surface area contributed by atoms with E-state index in [4.69, 9.17) is 25.9 Å². The fourth-order valence-corrected chi connectivity index (χ4v) is 6.23. The van der Waals surface area contributed by atoms with Crippen LogP contribution in [0.15, 0.2) is 95.6 Å². The van der Waals surface area contributed by atoms with E-state index in [1.165, 1.54) is 5.56 Å². The number of benzene rings is 3. The van der Waals surface area contributed by atoms with Crippen LogP contribution in [0, 0.1) is 6.92 Å². The minimum atomic E-state index is -0.818. The molecule has 2 aliphatic rings. The normalized spacial score (nSPS) is 20.0. The van der Waals surface area contributed by atoms with Crippen molar-refractivity contribution in [1.29, 1.82) is 0 Å². The molecule has 6 rings (SSSR count). The number of nitrogens with one attached hydrogen (secondary N) is 2. The van der Waals surface area contributed by atoms with Crippen LogP contribution in [0.4, 0.5) is 0 Å². The Hall–Kier alpha value is -4.07. The van der Waals surface area contributed by atoms with Crippen LogP contribution in [0.2, 0.25) is 5.02 Å². The average molecular weight is 601 g/mol. The zero-order valence-electron chi connectivity index (χ0n) is 24.2. The fourth-order valence-electron chi connectivity index (χ4n) is 5.94. The molecule has 8 heteroatoms. The van der Waals surface area contributed by atoms with E-state index >= 15 is 0 Å². The quantitative estimate of drug-likeness (QED) is 0.225. The summed E-state index contributed by atoms with van der Waals surface area (Å²) < 4.78 is 11.0. The number of furan rings is 1. The number of aliphatic carboxylic acids is 1. The van der Waals surface area contributed by atoms with Gasteiger partial charge in [-0.1, -0.05) is 72.3 Å². The summed E-state index contributed by atoms with van der Waals surface area (Å²) in [5, 5.41) is 16.5. The highest BCUT2D eigenvalue weighted by atomic mass is 35.5. The van der Waals surface area contributed by atoms with E-state index < -0.39 is 11.9 Å². The second-order valence-electron chi connectivity index (χ2n) is 11.0. The molecule has 4 atom stereocenters. The number of amides is 1. The minimum absolute atomic E-state index is 0.0652. The molecule has 224 valence electrons. The van der Waals surface area contributed by atoms with Gasteiger partial charge in [0, 0.05) is 35.5 Å². The molecule has 1 aromatic heterocycles. The highest BCUT2D eigenvalue weighted by molar-refractivity contribution is 6.30. The maximum absolute atomic E-state index is 13.3. The Balaban J connectivity index is 0.000000207. The van der Waals surface area contributed by atoms with Crippen molar-refractivity contribution >= 4 is 23.5 Å². The maximum atomic E-state index is 13.3. The van der Waals surface area contributed by atoms with Gasteiger partial charge in [-0.25, -0.2) is 0 Å². The van der Waals surface area contributed by atoms with Gasteiger partial charge in [0.25, 0.3) is 0 Å². The largest absolute Gasteiger partial charge is 0.493 e. The Kier molecular flexibility index (Phi) is 10.2. The number of hydrogen-bond acceptors (Lipinski definition) is 5. The Morgan fingerprint density at radius 1 is 1.02 bits per heavy atom. The van der Waals surface area contributed by atoms with Crippen LogP contribution in [-0.4, -0.2) is 42.7 Å². The third-order valence-corrected chi connectivity index (χ3v) is 8.35. The summed E-state index contributed by atoms with van der Waals surface area (Å²) in [5.41, 5.74) is 3.87. The Labute approximate surface area is 257 Å². The summed E-state index contributed by atoms with van der Waals surface area (Å²) in [7, 11) is 0. The van der Waals surface area contributed by atoms with E-state index in [0.29, 0.717) is 35.8 Å². The highest BCUT2D eigenvalue weighted by Gasteiger charge is 2.31. The molecular formula is C35H37ClN2O5. The molecule has 4 aromatic rings. The first-order valence-corrected chi connectivity index (χ1v) is 15.1. The van der Waals surface area contributed by atoms with Crippen molar-refractivity contribution in [2.45, 2.75) is 50.0 Å². The van der Waals surface area contributed by atoms with Gasteiger partial charge < -0.3 is 24.9 Å². The lowest BCUT2D eigenvalue weighted by atomic mass is 9.86. The molecule has 3 N–H and O–H groups in total. The Morgan fingerprint density at radius 2 is 1.77 bits per heavy atom. The van der Waals surface area contributed by atoms with Gasteiger partial charge in [-0.05, 0) is 67.3 Å². The minimum Gasteiger partial charge on any atom is -0.493 e. The summed E-state index contributed by atoms with van der Waals surface area (Å²) in [5.74, 6) is 0.271. The van der Waals surface area contributed by atoms with Crippen molar-refractivity contribution in [3.8, 4) is 5.75 Å². The number of piperidine rings is 1. The number of aryl methyl sites for hydroxylation is 1. The second kappa shape index (κ2) is 14.4. The molecule has 4 unspecified atom stereocenters. The van der Waals surface area contributed by atoms with Crippen molar-refractivity contribution in [3.05, 3.63) is 124 Å². The van der Waals surface area contributed by atoms with Crippen LogP contribution in [-0.2, 0) is 16.0 Å².